The van der Waals surface area contributed by atoms with Crippen molar-refractivity contribution in [3.63, 3.8) is 0 Å². The predicted octanol–water partition coefficient (Wildman–Crippen LogP) is 1.55. The van der Waals surface area contributed by atoms with Gasteiger partial charge in [-0.05, 0) is 67.7 Å². The second-order valence-electron chi connectivity index (χ2n) is 6.45. The molecule has 4 aliphatic carbocycles. The number of hydrogen-bond donors (Lipinski definition) is 3. The van der Waals surface area contributed by atoms with Gasteiger partial charge < -0.3 is 20.6 Å². The highest BCUT2D eigenvalue weighted by atomic mass is 32.7. The van der Waals surface area contributed by atoms with E-state index in [1.54, 1.807) is 0 Å². The zero-order valence-electron chi connectivity index (χ0n) is 11.0. The van der Waals surface area contributed by atoms with Crippen molar-refractivity contribution in [2.75, 3.05) is 12.3 Å². The van der Waals surface area contributed by atoms with Crippen LogP contribution in [0.4, 0.5) is 0 Å². The Hall–Kier alpha value is 0.420. The largest absolute Gasteiger partial charge is 0.412 e. The number of nitrogens with one attached hydrogen (secondary N) is 1. The van der Waals surface area contributed by atoms with Crippen LogP contribution in [0.1, 0.15) is 38.5 Å². The molecule has 7 heteroatoms. The predicted molar refractivity (Wildman–Crippen MR) is 77.0 cm³/mol. The Kier molecular flexibility index (Phi) is 4.71. The monoisotopic (exact) mass is 309 g/mol. The molecule has 0 aromatic carbocycles. The first-order chi connectivity index (χ1) is 8.44. The van der Waals surface area contributed by atoms with Crippen molar-refractivity contribution in [1.29, 1.82) is 0 Å². The minimum absolute atomic E-state index is 0. The van der Waals surface area contributed by atoms with E-state index in [2.05, 4.69) is 5.32 Å². The average Bonchev–Trinajstić information content (AvgIpc) is 2.21. The summed E-state index contributed by atoms with van der Waals surface area (Å²) in [7, 11) is 0. The van der Waals surface area contributed by atoms with E-state index >= 15 is 0 Å². The van der Waals surface area contributed by atoms with Gasteiger partial charge in [0.2, 0.25) is 0 Å². The van der Waals surface area contributed by atoms with Crippen LogP contribution in [0, 0.1) is 17.8 Å². The lowest BCUT2D eigenvalue weighted by molar-refractivity contribution is -0.0185. The zero-order valence-corrected chi connectivity index (χ0v) is 12.8. The van der Waals surface area contributed by atoms with E-state index in [-0.39, 0.29) is 5.48 Å². The molecule has 4 fully saturated rings. The Morgan fingerprint density at radius 3 is 2.00 bits per heavy atom. The third-order valence-electron chi connectivity index (χ3n) is 4.90. The average molecular weight is 309 g/mol. The van der Waals surface area contributed by atoms with Gasteiger partial charge in [0.15, 0.2) is 0 Å². The summed E-state index contributed by atoms with van der Waals surface area (Å²) >= 11 is 0.766. The third-order valence-corrected chi connectivity index (χ3v) is 7.18. The summed E-state index contributed by atoms with van der Waals surface area (Å²) in [6.45, 7) is -3.17. The van der Waals surface area contributed by atoms with Gasteiger partial charge in [0, 0.05) is 17.8 Å². The van der Waals surface area contributed by atoms with E-state index < -0.39 is 6.80 Å². The molecule has 0 amide bonds. The molecular weight excluding hydrogens is 285 g/mol. The van der Waals surface area contributed by atoms with E-state index in [0.29, 0.717) is 11.3 Å². The van der Waals surface area contributed by atoms with Gasteiger partial charge in [-0.1, -0.05) is 0 Å². The molecule has 4 aliphatic rings. The van der Waals surface area contributed by atoms with Crippen LogP contribution < -0.4 is 5.32 Å². The second-order valence-corrected chi connectivity index (χ2v) is 10.3. The van der Waals surface area contributed by atoms with Crippen molar-refractivity contribution >= 4 is 18.2 Å². The fourth-order valence-electron chi connectivity index (χ4n) is 4.81. The van der Waals surface area contributed by atoms with Crippen molar-refractivity contribution in [2.24, 2.45) is 17.8 Å². The Bertz CT molecular complexity index is 337. The summed E-state index contributed by atoms with van der Waals surface area (Å²) in [6.07, 6.45) is 8.16. The minimum Gasteiger partial charge on any atom is -0.412 e. The van der Waals surface area contributed by atoms with Gasteiger partial charge in [-0.25, -0.2) is 4.57 Å². The van der Waals surface area contributed by atoms with Crippen molar-refractivity contribution in [3.8, 4) is 0 Å². The van der Waals surface area contributed by atoms with Crippen LogP contribution in [0.5, 0.6) is 0 Å². The van der Waals surface area contributed by atoms with Crippen LogP contribution in [-0.4, -0.2) is 33.1 Å². The Morgan fingerprint density at radius 2 is 1.58 bits per heavy atom. The number of hydrogen-bond acceptors (Lipinski definition) is 3. The van der Waals surface area contributed by atoms with Crippen LogP contribution in [0.3, 0.4) is 0 Å². The van der Waals surface area contributed by atoms with Crippen LogP contribution >= 0.6 is 18.2 Å². The molecule has 0 aromatic heterocycles. The van der Waals surface area contributed by atoms with Crippen LogP contribution in [0.15, 0.2) is 0 Å². The molecule has 0 spiro atoms. The van der Waals surface area contributed by atoms with E-state index in [1.807, 2.05) is 0 Å². The maximum atomic E-state index is 10.8. The van der Waals surface area contributed by atoms with Crippen molar-refractivity contribution in [2.45, 2.75) is 44.1 Å². The molecule has 0 aromatic rings. The standard InChI is InChI=1S/C12H22NO3PS.H2O/c14-17(15,16)18-2-1-13-12-6-9-3-10(7-12)5-11(4-9)8-12;/h9-11,13H,1-8H2,(H2,14,15,16);1H2. The summed E-state index contributed by atoms with van der Waals surface area (Å²) in [5.74, 6) is 3.25. The first-order valence-corrected chi connectivity index (χ1v) is 10.1. The molecule has 5 N–H and O–H groups in total. The van der Waals surface area contributed by atoms with Gasteiger partial charge >= 0.3 is 6.80 Å². The Labute approximate surface area is 118 Å². The van der Waals surface area contributed by atoms with Crippen LogP contribution in [0.25, 0.3) is 0 Å². The maximum Gasteiger partial charge on any atom is 0.384 e. The van der Waals surface area contributed by atoms with Crippen LogP contribution in [0.2, 0.25) is 0 Å². The molecule has 0 radical (unpaired) electrons. The molecule has 5 nitrogen and oxygen atoms in total. The zero-order chi connectivity index (χ0) is 12.8. The second kappa shape index (κ2) is 5.66. The molecule has 0 atom stereocenters. The van der Waals surface area contributed by atoms with E-state index in [9.17, 15) is 4.57 Å². The lowest BCUT2D eigenvalue weighted by atomic mass is 9.53. The lowest BCUT2D eigenvalue weighted by Crippen LogP contribution is -2.58. The lowest BCUT2D eigenvalue weighted by Gasteiger charge is -2.57. The smallest absolute Gasteiger partial charge is 0.384 e. The van der Waals surface area contributed by atoms with Gasteiger partial charge in [0.1, 0.15) is 0 Å². The van der Waals surface area contributed by atoms with Crippen LogP contribution in [-0.2, 0) is 4.57 Å². The van der Waals surface area contributed by atoms with Gasteiger partial charge in [0.05, 0.1) is 0 Å². The molecule has 0 unspecified atom stereocenters. The fraction of sp³-hybridized carbons (Fsp3) is 1.00. The first-order valence-electron chi connectivity index (χ1n) is 6.89. The molecular formula is C12H24NO4PS. The summed E-state index contributed by atoms with van der Waals surface area (Å²) < 4.78 is 10.8. The summed E-state index contributed by atoms with van der Waals surface area (Å²) in [5, 5.41) is 3.64. The van der Waals surface area contributed by atoms with Crippen molar-refractivity contribution in [3.05, 3.63) is 0 Å². The van der Waals surface area contributed by atoms with E-state index in [0.717, 1.165) is 35.7 Å². The maximum absolute atomic E-state index is 10.8. The highest BCUT2D eigenvalue weighted by Crippen LogP contribution is 2.55. The SMILES string of the molecule is O.O=P(O)(O)SCCNC12CC3CC(CC(C3)C1)C2. The molecule has 4 bridgehead atoms. The molecule has 112 valence electrons. The summed E-state index contributed by atoms with van der Waals surface area (Å²) in [6, 6.07) is 0. The highest BCUT2D eigenvalue weighted by molar-refractivity contribution is 8.54. The van der Waals surface area contributed by atoms with Crippen molar-refractivity contribution < 1.29 is 19.8 Å². The Morgan fingerprint density at radius 1 is 1.11 bits per heavy atom. The Balaban J connectivity index is 0.00000133. The van der Waals surface area contributed by atoms with Gasteiger partial charge in [-0.2, -0.15) is 0 Å². The fourth-order valence-corrected chi connectivity index (χ4v) is 6.23. The first kappa shape index (κ1) is 15.8. The highest BCUT2D eigenvalue weighted by Gasteiger charge is 2.50. The van der Waals surface area contributed by atoms with Gasteiger partial charge in [-0.3, -0.25) is 0 Å². The molecule has 0 heterocycles. The molecule has 4 saturated carbocycles. The van der Waals surface area contributed by atoms with E-state index in [1.165, 1.54) is 38.5 Å². The van der Waals surface area contributed by atoms with E-state index in [4.69, 9.17) is 9.79 Å². The quantitative estimate of drug-likeness (QED) is 0.528. The summed E-state index contributed by atoms with van der Waals surface area (Å²) in [4.78, 5) is 17.6. The molecule has 0 aliphatic heterocycles. The summed E-state index contributed by atoms with van der Waals surface area (Å²) in [5.41, 5.74) is 0.310. The van der Waals surface area contributed by atoms with Gasteiger partial charge in [0.25, 0.3) is 0 Å². The normalized spacial score (nSPS) is 40.2. The number of rotatable bonds is 5. The van der Waals surface area contributed by atoms with Crippen molar-refractivity contribution in [1.82, 2.24) is 5.32 Å². The topological polar surface area (TPSA) is 101 Å². The molecule has 0 saturated heterocycles. The minimum atomic E-state index is -3.89. The third kappa shape index (κ3) is 3.74. The molecule has 4 rings (SSSR count). The molecule has 19 heavy (non-hydrogen) atoms. The van der Waals surface area contributed by atoms with Gasteiger partial charge in [-0.15, -0.1) is 0 Å².